The molecule has 0 heterocycles. The summed E-state index contributed by atoms with van der Waals surface area (Å²) in [6.45, 7) is 8.70. The molecule has 1 aromatic rings. The lowest BCUT2D eigenvalue weighted by Gasteiger charge is -2.47. The fourth-order valence-corrected chi connectivity index (χ4v) is 3.63. The molecule has 23 heavy (non-hydrogen) atoms. The van der Waals surface area contributed by atoms with Crippen molar-refractivity contribution in [3.8, 4) is 0 Å². The Kier molecular flexibility index (Phi) is 7.00. The zero-order valence-electron chi connectivity index (χ0n) is 14.0. The lowest BCUT2D eigenvalue weighted by Crippen LogP contribution is -2.47. The topological polar surface area (TPSA) is 96.2 Å². The fourth-order valence-electron chi connectivity index (χ4n) is 3.63. The third kappa shape index (κ3) is 4.02. The van der Waals surface area contributed by atoms with Crippen LogP contribution < -0.4 is 0 Å². The molecule has 0 saturated heterocycles. The van der Waals surface area contributed by atoms with E-state index in [1.807, 2.05) is 6.07 Å². The van der Waals surface area contributed by atoms with E-state index in [4.69, 9.17) is 20.0 Å². The minimum absolute atomic E-state index is 0.247. The van der Waals surface area contributed by atoms with E-state index in [9.17, 15) is 5.26 Å². The summed E-state index contributed by atoms with van der Waals surface area (Å²) in [7, 11) is 0. The van der Waals surface area contributed by atoms with E-state index in [-0.39, 0.29) is 5.92 Å². The average molecular weight is 326 g/mol. The molecular weight excluding hydrogens is 300 g/mol. The molecule has 2 rings (SSSR count). The van der Waals surface area contributed by atoms with Crippen molar-refractivity contribution in [3.05, 3.63) is 35.4 Å². The van der Waals surface area contributed by atoms with E-state index in [1.54, 1.807) is 0 Å². The summed E-state index contributed by atoms with van der Waals surface area (Å²) in [4.78, 5) is 16.7. The molecule has 0 spiro atoms. The van der Waals surface area contributed by atoms with E-state index >= 15 is 0 Å². The molecule has 0 bridgehead atoms. The molecule has 0 fully saturated rings. The molecule has 0 aromatic heterocycles. The molecule has 0 radical (unpaired) electrons. The molecule has 1 aliphatic rings. The molecule has 0 amide bonds. The number of benzene rings is 1. The molecule has 2 atom stereocenters. The standard InChI is InChI=1S/C16H24O2.CH2O4/c1-11(2)14-10-9-13-7-5-6-8-15(13)16(14,18-17)12(3)4;2-1(3)5-4/h5-8,11-12,14,17H,9-10H2,1-4H3;4H,(H,2,3). The number of fused-ring (bicyclic) bond motifs is 1. The maximum Gasteiger partial charge on any atom is 0.537 e. The van der Waals surface area contributed by atoms with Crippen LogP contribution in [0.1, 0.15) is 45.2 Å². The monoisotopic (exact) mass is 326 g/mol. The Morgan fingerprint density at radius 2 is 1.78 bits per heavy atom. The maximum atomic E-state index is 9.68. The molecule has 1 aromatic carbocycles. The van der Waals surface area contributed by atoms with Crippen LogP contribution in [0.25, 0.3) is 0 Å². The number of aryl methyl sites for hydroxylation is 1. The van der Waals surface area contributed by atoms with Gasteiger partial charge in [0.25, 0.3) is 0 Å². The smallest absolute Gasteiger partial charge is 0.448 e. The molecule has 6 heteroatoms. The third-order valence-electron chi connectivity index (χ3n) is 4.61. The summed E-state index contributed by atoms with van der Waals surface area (Å²) in [6.07, 6.45) is 0.467. The van der Waals surface area contributed by atoms with Crippen LogP contribution in [0.4, 0.5) is 4.79 Å². The van der Waals surface area contributed by atoms with Crippen LogP contribution in [0.2, 0.25) is 0 Å². The zero-order chi connectivity index (χ0) is 17.6. The van der Waals surface area contributed by atoms with Gasteiger partial charge in [0, 0.05) is 0 Å². The van der Waals surface area contributed by atoms with Crippen molar-refractivity contribution in [2.24, 2.45) is 17.8 Å². The van der Waals surface area contributed by atoms with Crippen LogP contribution in [0, 0.1) is 17.8 Å². The summed E-state index contributed by atoms with van der Waals surface area (Å²) < 4.78 is 0. The highest BCUT2D eigenvalue weighted by Gasteiger charge is 2.49. The minimum Gasteiger partial charge on any atom is -0.448 e. The first-order valence-electron chi connectivity index (χ1n) is 7.76. The Hall–Kier alpha value is -1.63. The van der Waals surface area contributed by atoms with Crippen molar-refractivity contribution >= 4 is 6.16 Å². The van der Waals surface area contributed by atoms with E-state index in [2.05, 4.69) is 50.8 Å². The second kappa shape index (κ2) is 8.29. The van der Waals surface area contributed by atoms with E-state index in [0.717, 1.165) is 12.8 Å². The van der Waals surface area contributed by atoms with Crippen LogP contribution in [0.15, 0.2) is 24.3 Å². The Morgan fingerprint density at radius 3 is 2.22 bits per heavy atom. The third-order valence-corrected chi connectivity index (χ3v) is 4.61. The number of hydrogen-bond acceptors (Lipinski definition) is 5. The average Bonchev–Trinajstić information content (AvgIpc) is 2.53. The van der Waals surface area contributed by atoms with Gasteiger partial charge in [0.1, 0.15) is 5.60 Å². The van der Waals surface area contributed by atoms with Gasteiger partial charge in [0.15, 0.2) is 0 Å². The van der Waals surface area contributed by atoms with Crippen molar-refractivity contribution in [3.63, 3.8) is 0 Å². The first-order chi connectivity index (χ1) is 10.8. The summed E-state index contributed by atoms with van der Waals surface area (Å²) in [5, 5.41) is 24.0. The fraction of sp³-hybridized carbons (Fsp3) is 0.588. The zero-order valence-corrected chi connectivity index (χ0v) is 14.0. The van der Waals surface area contributed by atoms with E-state index in [0.29, 0.717) is 11.8 Å². The first kappa shape index (κ1) is 19.4. The maximum absolute atomic E-state index is 9.68. The van der Waals surface area contributed by atoms with Crippen molar-refractivity contribution in [1.29, 1.82) is 0 Å². The number of hydrogen-bond donors (Lipinski definition) is 3. The summed E-state index contributed by atoms with van der Waals surface area (Å²) in [6, 6.07) is 8.37. The Morgan fingerprint density at radius 1 is 1.22 bits per heavy atom. The number of carbonyl (C=O) groups is 1. The van der Waals surface area contributed by atoms with Crippen LogP contribution in [0.3, 0.4) is 0 Å². The first-order valence-corrected chi connectivity index (χ1v) is 7.76. The largest absolute Gasteiger partial charge is 0.537 e. The molecule has 0 aliphatic heterocycles. The lowest BCUT2D eigenvalue weighted by atomic mass is 9.63. The van der Waals surface area contributed by atoms with Crippen molar-refractivity contribution in [2.75, 3.05) is 0 Å². The highest BCUT2D eigenvalue weighted by Crippen LogP contribution is 2.49. The Bertz CT molecular complexity index is 514. The normalized spacial score (nSPS) is 23.0. The van der Waals surface area contributed by atoms with Crippen molar-refractivity contribution in [2.45, 2.75) is 46.1 Å². The van der Waals surface area contributed by atoms with Gasteiger partial charge >= 0.3 is 6.16 Å². The predicted molar refractivity (Wildman–Crippen MR) is 85.1 cm³/mol. The Labute approximate surface area is 136 Å². The van der Waals surface area contributed by atoms with Gasteiger partial charge in [-0.25, -0.2) is 9.68 Å². The number of rotatable bonds is 3. The van der Waals surface area contributed by atoms with Gasteiger partial charge in [-0.3, -0.25) is 10.1 Å². The van der Waals surface area contributed by atoms with Gasteiger partial charge in [-0.1, -0.05) is 52.0 Å². The molecule has 0 saturated carbocycles. The summed E-state index contributed by atoms with van der Waals surface area (Å²) in [5.41, 5.74) is 1.94. The van der Waals surface area contributed by atoms with Gasteiger partial charge in [-0.15, -0.1) is 0 Å². The van der Waals surface area contributed by atoms with Gasteiger partial charge < -0.3 is 5.11 Å². The van der Waals surface area contributed by atoms with Gasteiger partial charge in [0.05, 0.1) is 0 Å². The molecular formula is C17H26O6. The lowest BCUT2D eigenvalue weighted by molar-refractivity contribution is -0.364. The van der Waals surface area contributed by atoms with Gasteiger partial charge in [-0.05, 0) is 41.7 Å². The highest BCUT2D eigenvalue weighted by molar-refractivity contribution is 5.55. The van der Waals surface area contributed by atoms with Gasteiger partial charge in [-0.2, -0.15) is 5.26 Å². The van der Waals surface area contributed by atoms with E-state index < -0.39 is 11.8 Å². The molecule has 2 unspecified atom stereocenters. The van der Waals surface area contributed by atoms with Crippen LogP contribution in [-0.4, -0.2) is 21.8 Å². The second-order valence-corrected chi connectivity index (χ2v) is 6.44. The van der Waals surface area contributed by atoms with Crippen LogP contribution in [0.5, 0.6) is 0 Å². The minimum atomic E-state index is -1.69. The van der Waals surface area contributed by atoms with Crippen molar-refractivity contribution in [1.82, 2.24) is 0 Å². The summed E-state index contributed by atoms with van der Waals surface area (Å²) >= 11 is 0. The van der Waals surface area contributed by atoms with Crippen molar-refractivity contribution < 1.29 is 30.2 Å². The molecule has 6 nitrogen and oxygen atoms in total. The SMILES string of the molecule is CC(C)C1CCc2ccccc2C1(OO)C(C)C.O=C(O)OO. The van der Waals surface area contributed by atoms with Crippen LogP contribution >= 0.6 is 0 Å². The highest BCUT2D eigenvalue weighted by atomic mass is 17.1. The van der Waals surface area contributed by atoms with E-state index in [1.165, 1.54) is 11.1 Å². The summed E-state index contributed by atoms with van der Waals surface area (Å²) in [5.74, 6) is 1.10. The van der Waals surface area contributed by atoms with Crippen LogP contribution in [-0.2, 0) is 21.8 Å². The quantitative estimate of drug-likeness (QED) is 0.563. The molecule has 3 N–H and O–H groups in total. The second-order valence-electron chi connectivity index (χ2n) is 6.44. The Balaban J connectivity index is 0.000000463. The molecule has 130 valence electrons. The molecule has 1 aliphatic carbocycles. The van der Waals surface area contributed by atoms with Gasteiger partial charge in [0.2, 0.25) is 0 Å². The predicted octanol–water partition coefficient (Wildman–Crippen LogP) is 4.40. The number of carboxylic acid groups (broad SMARTS) is 1.